The zero-order valence-corrected chi connectivity index (χ0v) is 15.8. The maximum absolute atomic E-state index is 12.1. The molecule has 0 saturated heterocycles. The largest absolute Gasteiger partial charge is 0.481 e. The Morgan fingerprint density at radius 1 is 1.04 bits per heavy atom. The summed E-state index contributed by atoms with van der Waals surface area (Å²) >= 11 is 1.24. The normalized spacial score (nSPS) is 12.4. The number of nitrogens with two attached hydrogens (primary N) is 2. The second-order valence-electron chi connectivity index (χ2n) is 5.83. The van der Waals surface area contributed by atoms with Crippen LogP contribution in [0.1, 0.15) is 45.8 Å². The number of benzene rings is 1. The Morgan fingerprint density at radius 3 is 2.19 bits per heavy atom. The zero-order valence-electron chi connectivity index (χ0n) is 15.0. The lowest BCUT2D eigenvalue weighted by atomic mass is 10.1. The monoisotopic (exact) mass is 392 g/mol. The highest BCUT2D eigenvalue weighted by atomic mass is 32.1. The highest BCUT2D eigenvalue weighted by molar-refractivity contribution is 7.14. The lowest BCUT2D eigenvalue weighted by Gasteiger charge is -2.02. The van der Waals surface area contributed by atoms with E-state index in [0.717, 1.165) is 0 Å². The topological polar surface area (TPSA) is 144 Å². The van der Waals surface area contributed by atoms with Crippen LogP contribution >= 0.6 is 11.3 Å². The van der Waals surface area contributed by atoms with Crippen LogP contribution in [0.2, 0.25) is 0 Å². The Morgan fingerprint density at radius 2 is 1.67 bits per heavy atom. The molecule has 2 atom stereocenters. The quantitative estimate of drug-likeness (QED) is 0.505. The van der Waals surface area contributed by atoms with Crippen molar-refractivity contribution in [3.05, 3.63) is 57.8 Å². The smallest absolute Gasteiger partial charge is 0.320 e. The summed E-state index contributed by atoms with van der Waals surface area (Å²) in [5, 5.41) is 17.2. The average molecular weight is 392 g/mol. The molecule has 0 aliphatic heterocycles. The maximum Gasteiger partial charge on any atom is 0.320 e. The average Bonchev–Trinajstić information content (AvgIpc) is 3.15. The molecule has 6 N–H and O–H groups in total. The molecule has 2 rings (SSSR count). The van der Waals surface area contributed by atoms with Crippen molar-refractivity contribution in [2.45, 2.75) is 31.7 Å². The van der Waals surface area contributed by atoms with Crippen LogP contribution in [-0.4, -0.2) is 40.5 Å². The third-order valence-corrected chi connectivity index (χ3v) is 4.99. The third-order valence-electron chi connectivity index (χ3n) is 3.72. The molecular formula is C19H24N2O5S. The van der Waals surface area contributed by atoms with Crippen LogP contribution in [0, 0.1) is 0 Å². The number of aliphatic carboxylic acids is 2. The van der Waals surface area contributed by atoms with Crippen LogP contribution in [0.5, 0.6) is 0 Å². The zero-order chi connectivity index (χ0) is 20.4. The van der Waals surface area contributed by atoms with Gasteiger partial charge in [0.15, 0.2) is 0 Å². The van der Waals surface area contributed by atoms with Crippen LogP contribution in [0.4, 0.5) is 0 Å². The predicted octanol–water partition coefficient (Wildman–Crippen LogP) is 2.30. The van der Waals surface area contributed by atoms with Crippen molar-refractivity contribution < 1.29 is 24.6 Å². The van der Waals surface area contributed by atoms with Crippen molar-refractivity contribution in [3.8, 4) is 0 Å². The molecule has 1 unspecified atom stereocenters. The summed E-state index contributed by atoms with van der Waals surface area (Å²) in [6.07, 6.45) is 1.14. The van der Waals surface area contributed by atoms with Crippen molar-refractivity contribution in [1.29, 1.82) is 0 Å². The van der Waals surface area contributed by atoms with Gasteiger partial charge in [0.2, 0.25) is 5.78 Å². The van der Waals surface area contributed by atoms with Gasteiger partial charge in [-0.2, -0.15) is 0 Å². The molecule has 7 nitrogen and oxygen atoms in total. The first-order valence-corrected chi connectivity index (χ1v) is 9.20. The lowest BCUT2D eigenvalue weighted by molar-refractivity contribution is -0.139. The first kappa shape index (κ1) is 22.5. The number of rotatable bonds is 8. The molecule has 0 fully saturated rings. The fourth-order valence-electron chi connectivity index (χ4n) is 2.02. The van der Waals surface area contributed by atoms with Gasteiger partial charge in [-0.1, -0.05) is 30.3 Å². The second kappa shape index (κ2) is 11.2. The Hall–Kier alpha value is -2.55. The van der Waals surface area contributed by atoms with Crippen molar-refractivity contribution in [1.82, 2.24) is 0 Å². The van der Waals surface area contributed by atoms with E-state index in [0.29, 0.717) is 34.7 Å². The molecule has 0 aliphatic rings. The Bertz CT molecular complexity index is 760. The van der Waals surface area contributed by atoms with Gasteiger partial charge in [0.1, 0.15) is 6.04 Å². The van der Waals surface area contributed by atoms with Gasteiger partial charge >= 0.3 is 11.9 Å². The van der Waals surface area contributed by atoms with E-state index < -0.39 is 23.9 Å². The van der Waals surface area contributed by atoms with Crippen LogP contribution in [0.15, 0.2) is 42.5 Å². The molecule has 0 radical (unpaired) electrons. The molecule has 0 spiro atoms. The summed E-state index contributed by atoms with van der Waals surface area (Å²) in [4.78, 5) is 34.3. The first-order chi connectivity index (χ1) is 12.8. The predicted molar refractivity (Wildman–Crippen MR) is 104 cm³/mol. The number of carbonyl (C=O) groups excluding carboxylic acids is 1. The first-order valence-electron chi connectivity index (χ1n) is 8.38. The van der Waals surface area contributed by atoms with Crippen molar-refractivity contribution in [3.63, 3.8) is 0 Å². The van der Waals surface area contributed by atoms with E-state index in [1.54, 1.807) is 31.2 Å². The summed E-state index contributed by atoms with van der Waals surface area (Å²) in [5.74, 6) is -2.48. The summed E-state index contributed by atoms with van der Waals surface area (Å²) in [5.41, 5.74) is 10.9. The van der Waals surface area contributed by atoms with E-state index >= 15 is 0 Å². The fraction of sp³-hybridized carbons (Fsp3) is 0.316. The molecule has 0 amide bonds. The standard InChI is InChI=1S/C14H12O3S.C5H12N2O2/c1-9(14(16)17)11-7-8-12(18-11)13(15)10-5-3-2-4-6-10;6-3-1-2-4(7)5(8)9/h2-9H,1H3,(H,16,17);4H,1-3,6-7H2,(H,8,9)/t;4-/m.0/s1. The van der Waals surface area contributed by atoms with Crippen molar-refractivity contribution in [2.75, 3.05) is 6.54 Å². The molecule has 0 aliphatic carbocycles. The van der Waals surface area contributed by atoms with Crippen LogP contribution < -0.4 is 11.5 Å². The molecule has 8 heteroatoms. The molecule has 0 saturated carbocycles. The number of thiophene rings is 1. The van der Waals surface area contributed by atoms with E-state index in [1.807, 2.05) is 18.2 Å². The van der Waals surface area contributed by atoms with E-state index in [4.69, 9.17) is 21.7 Å². The number of carbonyl (C=O) groups is 3. The van der Waals surface area contributed by atoms with Gasteiger partial charge in [0.25, 0.3) is 0 Å². The van der Waals surface area contributed by atoms with E-state index in [1.165, 1.54) is 11.3 Å². The van der Waals surface area contributed by atoms with Crippen LogP contribution in [0.25, 0.3) is 0 Å². The third kappa shape index (κ3) is 7.30. The summed E-state index contributed by atoms with van der Waals surface area (Å²) in [6, 6.07) is 11.6. The van der Waals surface area contributed by atoms with Crippen LogP contribution in [0.3, 0.4) is 0 Å². The number of ketones is 1. The Kier molecular flexibility index (Phi) is 9.35. The minimum absolute atomic E-state index is 0.0653. The van der Waals surface area contributed by atoms with Gasteiger partial charge in [-0.15, -0.1) is 11.3 Å². The Labute approximate surface area is 161 Å². The summed E-state index contributed by atoms with van der Waals surface area (Å²) in [6.45, 7) is 2.12. The van der Waals surface area contributed by atoms with E-state index in [2.05, 4.69) is 0 Å². The SMILES string of the molecule is CC(C(=O)O)c1ccc(C(=O)c2ccccc2)s1.NCCC[C@H](N)C(=O)O. The molecule has 27 heavy (non-hydrogen) atoms. The minimum Gasteiger partial charge on any atom is -0.481 e. The van der Waals surface area contributed by atoms with Crippen molar-refractivity contribution in [2.24, 2.45) is 11.5 Å². The van der Waals surface area contributed by atoms with Gasteiger partial charge in [0.05, 0.1) is 10.8 Å². The second-order valence-corrected chi connectivity index (χ2v) is 6.95. The summed E-state index contributed by atoms with van der Waals surface area (Å²) in [7, 11) is 0. The van der Waals surface area contributed by atoms with Gasteiger partial charge in [-0.3, -0.25) is 14.4 Å². The molecule has 1 aromatic carbocycles. The number of hydrogen-bond acceptors (Lipinski definition) is 6. The number of carboxylic acids is 2. The Balaban J connectivity index is 0.000000345. The number of carboxylic acid groups (broad SMARTS) is 2. The van der Waals surface area contributed by atoms with Gasteiger partial charge in [-0.25, -0.2) is 0 Å². The molecule has 0 bridgehead atoms. The highest BCUT2D eigenvalue weighted by Gasteiger charge is 2.18. The van der Waals surface area contributed by atoms with E-state index in [9.17, 15) is 14.4 Å². The summed E-state index contributed by atoms with van der Waals surface area (Å²) < 4.78 is 0. The number of hydrogen-bond donors (Lipinski definition) is 4. The molecular weight excluding hydrogens is 368 g/mol. The van der Waals surface area contributed by atoms with Gasteiger partial charge in [-0.05, 0) is 38.4 Å². The van der Waals surface area contributed by atoms with Gasteiger partial charge < -0.3 is 21.7 Å². The van der Waals surface area contributed by atoms with Gasteiger partial charge in [0, 0.05) is 10.4 Å². The van der Waals surface area contributed by atoms with E-state index in [-0.39, 0.29) is 5.78 Å². The fourth-order valence-corrected chi connectivity index (χ4v) is 3.04. The molecule has 1 aromatic heterocycles. The minimum atomic E-state index is -0.955. The lowest BCUT2D eigenvalue weighted by Crippen LogP contribution is -2.30. The molecule has 1 heterocycles. The maximum atomic E-state index is 12.1. The van der Waals surface area contributed by atoms with Crippen LogP contribution in [-0.2, 0) is 9.59 Å². The molecule has 146 valence electrons. The molecule has 2 aromatic rings. The van der Waals surface area contributed by atoms with Crippen molar-refractivity contribution >= 4 is 29.1 Å². The highest BCUT2D eigenvalue weighted by Crippen LogP contribution is 2.26.